The van der Waals surface area contributed by atoms with Gasteiger partial charge in [-0.3, -0.25) is 9.89 Å². The van der Waals surface area contributed by atoms with Crippen LogP contribution in [0.4, 0.5) is 0 Å². The zero-order chi connectivity index (χ0) is 17.3. The summed E-state index contributed by atoms with van der Waals surface area (Å²) in [6.45, 7) is 12.5. The van der Waals surface area contributed by atoms with Crippen molar-refractivity contribution in [3.63, 3.8) is 0 Å². The molecular formula is C19H31IN4O2. The molecule has 2 aliphatic rings. The van der Waals surface area contributed by atoms with Crippen LogP contribution >= 0.6 is 24.0 Å². The Balaban J connectivity index is 0.00000243. The van der Waals surface area contributed by atoms with Crippen LogP contribution in [0.1, 0.15) is 12.2 Å². The second-order valence-corrected chi connectivity index (χ2v) is 6.72. The lowest BCUT2D eigenvalue weighted by atomic mass is 10.1. The zero-order valence-electron chi connectivity index (χ0n) is 15.4. The SMILES string of the molecule is C=CCNC(=NCCc1ccco1)N1CCC(CN2CCOCC2)C1.I. The molecule has 0 aliphatic carbocycles. The average molecular weight is 474 g/mol. The van der Waals surface area contributed by atoms with Crippen LogP contribution in [0.5, 0.6) is 0 Å². The maximum Gasteiger partial charge on any atom is 0.194 e. The molecule has 2 saturated heterocycles. The minimum absolute atomic E-state index is 0. The third kappa shape index (κ3) is 6.59. The Kier molecular flexibility index (Phi) is 9.49. The first kappa shape index (κ1) is 21.2. The van der Waals surface area contributed by atoms with E-state index in [1.54, 1.807) is 6.26 Å². The van der Waals surface area contributed by atoms with E-state index >= 15 is 0 Å². The third-order valence-corrected chi connectivity index (χ3v) is 4.81. The van der Waals surface area contributed by atoms with Gasteiger partial charge >= 0.3 is 0 Å². The molecule has 0 aromatic carbocycles. The molecule has 1 unspecified atom stereocenters. The number of nitrogens with one attached hydrogen (secondary N) is 1. The van der Waals surface area contributed by atoms with Gasteiger partial charge in [0.2, 0.25) is 0 Å². The molecule has 3 rings (SSSR count). The van der Waals surface area contributed by atoms with Gasteiger partial charge in [0.1, 0.15) is 5.76 Å². The van der Waals surface area contributed by atoms with Crippen molar-refractivity contribution in [3.8, 4) is 0 Å². The number of furan rings is 1. The van der Waals surface area contributed by atoms with E-state index in [0.29, 0.717) is 5.92 Å². The van der Waals surface area contributed by atoms with Crippen molar-refractivity contribution < 1.29 is 9.15 Å². The van der Waals surface area contributed by atoms with Gasteiger partial charge in [0.15, 0.2) is 5.96 Å². The topological polar surface area (TPSA) is 53.2 Å². The number of nitrogens with zero attached hydrogens (tertiary/aromatic N) is 3. The summed E-state index contributed by atoms with van der Waals surface area (Å²) in [5, 5.41) is 3.41. The number of morpholine rings is 1. The summed E-state index contributed by atoms with van der Waals surface area (Å²) in [4.78, 5) is 9.71. The monoisotopic (exact) mass is 474 g/mol. The Labute approximate surface area is 173 Å². The van der Waals surface area contributed by atoms with Gasteiger partial charge in [0, 0.05) is 52.2 Å². The lowest BCUT2D eigenvalue weighted by Gasteiger charge is -2.29. The van der Waals surface area contributed by atoms with Crippen molar-refractivity contribution in [1.82, 2.24) is 15.1 Å². The molecule has 6 nitrogen and oxygen atoms in total. The van der Waals surface area contributed by atoms with Crippen LogP contribution in [-0.2, 0) is 11.2 Å². The molecular weight excluding hydrogens is 443 g/mol. The molecule has 0 saturated carbocycles. The average Bonchev–Trinajstić information content (AvgIpc) is 3.31. The molecule has 1 atom stereocenters. The Morgan fingerprint density at radius 2 is 2.19 bits per heavy atom. The maximum atomic E-state index is 5.44. The van der Waals surface area contributed by atoms with Gasteiger partial charge in [-0.05, 0) is 24.5 Å². The fourth-order valence-corrected chi connectivity index (χ4v) is 3.48. The molecule has 1 N–H and O–H groups in total. The largest absolute Gasteiger partial charge is 0.469 e. The summed E-state index contributed by atoms with van der Waals surface area (Å²) >= 11 is 0. The minimum Gasteiger partial charge on any atom is -0.469 e. The van der Waals surface area contributed by atoms with Crippen molar-refractivity contribution in [2.75, 3.05) is 59.0 Å². The van der Waals surface area contributed by atoms with Crippen LogP contribution < -0.4 is 5.32 Å². The highest BCUT2D eigenvalue weighted by Crippen LogP contribution is 2.18. The molecule has 146 valence electrons. The van der Waals surface area contributed by atoms with Gasteiger partial charge in [-0.2, -0.15) is 0 Å². The quantitative estimate of drug-likeness (QED) is 0.284. The van der Waals surface area contributed by atoms with Crippen LogP contribution in [-0.4, -0.2) is 74.8 Å². The summed E-state index contributed by atoms with van der Waals surface area (Å²) in [5.41, 5.74) is 0. The lowest BCUT2D eigenvalue weighted by molar-refractivity contribution is 0.0315. The molecule has 1 aromatic rings. The molecule has 2 fully saturated rings. The van der Waals surface area contributed by atoms with Crippen molar-refractivity contribution >= 4 is 29.9 Å². The van der Waals surface area contributed by atoms with Crippen LogP contribution in [0.2, 0.25) is 0 Å². The van der Waals surface area contributed by atoms with E-state index in [1.165, 1.54) is 13.0 Å². The predicted octanol–water partition coefficient (Wildman–Crippen LogP) is 2.23. The first-order valence-corrected chi connectivity index (χ1v) is 9.32. The molecule has 26 heavy (non-hydrogen) atoms. The zero-order valence-corrected chi connectivity index (χ0v) is 17.8. The molecule has 3 heterocycles. The summed E-state index contributed by atoms with van der Waals surface area (Å²) in [5.74, 6) is 2.69. The highest BCUT2D eigenvalue weighted by molar-refractivity contribution is 14.0. The van der Waals surface area contributed by atoms with Crippen molar-refractivity contribution in [2.45, 2.75) is 12.8 Å². The molecule has 0 spiro atoms. The van der Waals surface area contributed by atoms with Gasteiger partial charge in [0.25, 0.3) is 0 Å². The smallest absolute Gasteiger partial charge is 0.194 e. The molecule has 7 heteroatoms. The minimum atomic E-state index is 0. The van der Waals surface area contributed by atoms with E-state index < -0.39 is 0 Å². The number of halogens is 1. The molecule has 0 amide bonds. The van der Waals surface area contributed by atoms with Gasteiger partial charge in [-0.15, -0.1) is 30.6 Å². The van der Waals surface area contributed by atoms with E-state index in [2.05, 4.69) is 21.7 Å². The molecule has 2 aliphatic heterocycles. The number of guanidine groups is 1. The second-order valence-electron chi connectivity index (χ2n) is 6.72. The van der Waals surface area contributed by atoms with Crippen LogP contribution in [0.3, 0.4) is 0 Å². The molecule has 0 bridgehead atoms. The van der Waals surface area contributed by atoms with Crippen LogP contribution in [0, 0.1) is 5.92 Å². The highest BCUT2D eigenvalue weighted by Gasteiger charge is 2.27. The van der Waals surface area contributed by atoms with E-state index in [-0.39, 0.29) is 24.0 Å². The third-order valence-electron chi connectivity index (χ3n) is 4.81. The maximum absolute atomic E-state index is 5.44. The van der Waals surface area contributed by atoms with Crippen LogP contribution in [0.25, 0.3) is 0 Å². The normalized spacial score (nSPS) is 21.5. The first-order chi connectivity index (χ1) is 12.3. The van der Waals surface area contributed by atoms with Gasteiger partial charge in [0.05, 0.1) is 19.5 Å². The number of hydrogen-bond acceptors (Lipinski definition) is 4. The summed E-state index contributed by atoms with van der Waals surface area (Å²) < 4.78 is 10.8. The van der Waals surface area contributed by atoms with Crippen LogP contribution in [0.15, 0.2) is 40.5 Å². The van der Waals surface area contributed by atoms with E-state index in [1.807, 2.05) is 18.2 Å². The number of ether oxygens (including phenoxy) is 1. The second kappa shape index (κ2) is 11.6. The van der Waals surface area contributed by atoms with Gasteiger partial charge in [-0.25, -0.2) is 0 Å². The van der Waals surface area contributed by atoms with E-state index in [9.17, 15) is 0 Å². The summed E-state index contributed by atoms with van der Waals surface area (Å²) in [6.07, 6.45) is 5.65. The summed E-state index contributed by atoms with van der Waals surface area (Å²) in [6, 6.07) is 3.92. The van der Waals surface area contributed by atoms with Crippen molar-refractivity contribution in [3.05, 3.63) is 36.8 Å². The molecule has 0 radical (unpaired) electrons. The number of rotatable bonds is 7. The van der Waals surface area contributed by atoms with Crippen molar-refractivity contribution in [1.29, 1.82) is 0 Å². The fourth-order valence-electron chi connectivity index (χ4n) is 3.48. The van der Waals surface area contributed by atoms with E-state index in [0.717, 1.165) is 70.6 Å². The van der Waals surface area contributed by atoms with Gasteiger partial charge in [-0.1, -0.05) is 6.08 Å². The number of aliphatic imine (C=N–C) groups is 1. The Morgan fingerprint density at radius 3 is 2.92 bits per heavy atom. The van der Waals surface area contributed by atoms with E-state index in [4.69, 9.17) is 14.1 Å². The Hall–Kier alpha value is -1.06. The lowest BCUT2D eigenvalue weighted by Crippen LogP contribution is -2.42. The number of likely N-dealkylation sites (tertiary alicyclic amines) is 1. The van der Waals surface area contributed by atoms with Crippen molar-refractivity contribution in [2.24, 2.45) is 10.9 Å². The standard InChI is InChI=1S/C19H30N4O2.HI/c1-2-7-20-19(21-8-5-18-4-3-12-25-18)23-9-6-17(16-23)15-22-10-13-24-14-11-22;/h2-4,12,17H,1,5-11,13-16H2,(H,20,21);1H. The fraction of sp³-hybridized carbons (Fsp3) is 0.632. The first-order valence-electron chi connectivity index (χ1n) is 9.32. The number of hydrogen-bond donors (Lipinski definition) is 1. The van der Waals surface area contributed by atoms with Gasteiger partial charge < -0.3 is 19.4 Å². The Morgan fingerprint density at radius 1 is 1.35 bits per heavy atom. The highest BCUT2D eigenvalue weighted by atomic mass is 127. The Bertz CT molecular complexity index is 544. The molecule has 1 aromatic heterocycles. The summed E-state index contributed by atoms with van der Waals surface area (Å²) in [7, 11) is 0. The predicted molar refractivity (Wildman–Crippen MR) is 115 cm³/mol.